The lowest BCUT2D eigenvalue weighted by Crippen LogP contribution is -2.48. The van der Waals surface area contributed by atoms with Crippen molar-refractivity contribution in [1.29, 1.82) is 0 Å². The maximum atomic E-state index is 14.2. The molecular formula is C23H20Cl2FN3O7. The molecule has 2 atom stereocenters. The Balaban J connectivity index is 1.89. The number of nitrogens with zero attached hydrogens (tertiary/aromatic N) is 2. The molecule has 0 aliphatic rings. The lowest BCUT2D eigenvalue weighted by Gasteiger charge is -2.21. The van der Waals surface area contributed by atoms with E-state index in [1.807, 2.05) is 0 Å². The molecule has 36 heavy (non-hydrogen) atoms. The first-order valence-electron chi connectivity index (χ1n) is 10.3. The first-order chi connectivity index (χ1) is 17.0. The van der Waals surface area contributed by atoms with Crippen molar-refractivity contribution < 1.29 is 38.8 Å². The Morgan fingerprint density at radius 3 is 2.42 bits per heavy atom. The average Bonchev–Trinajstić information content (AvgIpc) is 3.23. The second-order valence-electron chi connectivity index (χ2n) is 7.63. The molecule has 0 fully saturated rings. The summed E-state index contributed by atoms with van der Waals surface area (Å²) in [5.41, 5.74) is -0.0446. The van der Waals surface area contributed by atoms with E-state index < -0.39 is 41.5 Å². The fourth-order valence-corrected chi connectivity index (χ4v) is 3.97. The zero-order chi connectivity index (χ0) is 26.6. The van der Waals surface area contributed by atoms with E-state index in [0.29, 0.717) is 10.6 Å². The predicted molar refractivity (Wildman–Crippen MR) is 126 cm³/mol. The molecule has 0 aliphatic carbocycles. The lowest BCUT2D eigenvalue weighted by molar-refractivity contribution is -0.148. The highest BCUT2D eigenvalue weighted by atomic mass is 35.5. The molecule has 10 nitrogen and oxygen atoms in total. The molecule has 0 radical (unpaired) electrons. The Labute approximate surface area is 213 Å². The highest BCUT2D eigenvalue weighted by Gasteiger charge is 2.30. The molecule has 3 aromatic rings. The van der Waals surface area contributed by atoms with Crippen LogP contribution in [0.5, 0.6) is 5.75 Å². The number of halogens is 3. The minimum atomic E-state index is -1.99. The molecule has 0 saturated heterocycles. The zero-order valence-electron chi connectivity index (χ0n) is 18.6. The van der Waals surface area contributed by atoms with Gasteiger partial charge in [-0.1, -0.05) is 41.4 Å². The third-order valence-corrected chi connectivity index (χ3v) is 5.82. The fraction of sp³-hybridized carbons (Fsp3) is 0.217. The van der Waals surface area contributed by atoms with Crippen molar-refractivity contribution in [2.75, 3.05) is 7.11 Å². The van der Waals surface area contributed by atoms with Gasteiger partial charge in [-0.3, -0.25) is 9.48 Å². The van der Waals surface area contributed by atoms with Gasteiger partial charge in [0.05, 0.1) is 24.7 Å². The van der Waals surface area contributed by atoms with Gasteiger partial charge in [0.1, 0.15) is 5.69 Å². The second-order valence-corrected chi connectivity index (χ2v) is 8.44. The fourth-order valence-electron chi connectivity index (χ4n) is 3.45. The first kappa shape index (κ1) is 26.9. The quantitative estimate of drug-likeness (QED) is 0.307. The van der Waals surface area contributed by atoms with Crippen LogP contribution in [0.3, 0.4) is 0 Å². The highest BCUT2D eigenvalue weighted by molar-refractivity contribution is 6.32. The molecule has 3 rings (SSSR count). The maximum absolute atomic E-state index is 14.2. The van der Waals surface area contributed by atoms with Crippen LogP contribution < -0.4 is 10.1 Å². The van der Waals surface area contributed by atoms with Crippen LogP contribution in [0.25, 0.3) is 0 Å². The SMILES string of the molecule is COc1c(F)cc(Cn2nc(C(=O)N[C@H](Cc3ccccc3Cl)[C@@H](O)C(=O)O)cc2C(=O)O)cc1Cl. The van der Waals surface area contributed by atoms with Crippen LogP contribution in [0.15, 0.2) is 42.5 Å². The molecule has 1 amide bonds. The number of hydrogen-bond acceptors (Lipinski definition) is 6. The van der Waals surface area contributed by atoms with E-state index in [-0.39, 0.29) is 35.0 Å². The number of aliphatic hydroxyl groups is 1. The van der Waals surface area contributed by atoms with E-state index in [1.54, 1.807) is 24.3 Å². The molecule has 0 spiro atoms. The number of carbonyl (C=O) groups excluding carboxylic acids is 1. The van der Waals surface area contributed by atoms with Gasteiger partial charge < -0.3 is 25.4 Å². The Morgan fingerprint density at radius 1 is 1.14 bits per heavy atom. The number of rotatable bonds is 10. The van der Waals surface area contributed by atoms with Gasteiger partial charge in [0.2, 0.25) is 0 Å². The number of aromatic nitrogens is 2. The van der Waals surface area contributed by atoms with Gasteiger partial charge in [-0.25, -0.2) is 14.0 Å². The number of aliphatic hydroxyl groups excluding tert-OH is 1. The lowest BCUT2D eigenvalue weighted by atomic mass is 10.0. The number of carboxylic acids is 2. The summed E-state index contributed by atoms with van der Waals surface area (Å²) >= 11 is 12.1. The minimum Gasteiger partial charge on any atom is -0.492 e. The molecule has 13 heteroatoms. The topological polar surface area (TPSA) is 151 Å². The Morgan fingerprint density at radius 2 is 1.83 bits per heavy atom. The van der Waals surface area contributed by atoms with Crippen LogP contribution >= 0.6 is 23.2 Å². The van der Waals surface area contributed by atoms with Crippen molar-refractivity contribution in [2.45, 2.75) is 25.1 Å². The molecular weight excluding hydrogens is 520 g/mol. The summed E-state index contributed by atoms with van der Waals surface area (Å²) < 4.78 is 20.0. The summed E-state index contributed by atoms with van der Waals surface area (Å²) in [6.45, 7) is -0.254. The van der Waals surface area contributed by atoms with Crippen LogP contribution in [0.2, 0.25) is 10.0 Å². The predicted octanol–water partition coefficient (Wildman–Crippen LogP) is 2.87. The van der Waals surface area contributed by atoms with Crippen LogP contribution in [-0.2, 0) is 17.8 Å². The molecule has 1 aromatic heterocycles. The van der Waals surface area contributed by atoms with Crippen molar-refractivity contribution in [3.05, 3.63) is 80.8 Å². The number of benzene rings is 2. The largest absolute Gasteiger partial charge is 0.492 e. The number of hydrogen-bond donors (Lipinski definition) is 4. The van der Waals surface area contributed by atoms with Crippen molar-refractivity contribution >= 4 is 41.0 Å². The van der Waals surface area contributed by atoms with Gasteiger partial charge in [-0.2, -0.15) is 5.10 Å². The van der Waals surface area contributed by atoms with Gasteiger partial charge in [0.15, 0.2) is 23.4 Å². The maximum Gasteiger partial charge on any atom is 0.354 e. The number of amides is 1. The molecule has 0 bridgehead atoms. The smallest absolute Gasteiger partial charge is 0.354 e. The number of carboxylic acid groups (broad SMARTS) is 2. The van der Waals surface area contributed by atoms with Crippen molar-refractivity contribution in [3.8, 4) is 5.75 Å². The monoisotopic (exact) mass is 539 g/mol. The number of ether oxygens (including phenoxy) is 1. The molecule has 1 heterocycles. The average molecular weight is 540 g/mol. The van der Waals surface area contributed by atoms with Gasteiger partial charge >= 0.3 is 11.9 Å². The van der Waals surface area contributed by atoms with Gasteiger partial charge in [-0.05, 0) is 35.7 Å². The van der Waals surface area contributed by atoms with Crippen molar-refractivity contribution in [1.82, 2.24) is 15.1 Å². The number of aromatic carboxylic acids is 1. The zero-order valence-corrected chi connectivity index (χ0v) is 20.1. The van der Waals surface area contributed by atoms with E-state index in [9.17, 15) is 34.1 Å². The van der Waals surface area contributed by atoms with Crippen LogP contribution in [-0.4, -0.2) is 62.2 Å². The van der Waals surface area contributed by atoms with Gasteiger partial charge in [0, 0.05) is 11.1 Å². The van der Waals surface area contributed by atoms with Crippen LogP contribution in [0.1, 0.15) is 32.1 Å². The van der Waals surface area contributed by atoms with E-state index in [2.05, 4.69) is 10.4 Å². The third kappa shape index (κ3) is 6.11. The molecule has 190 valence electrons. The molecule has 0 aliphatic heterocycles. The van der Waals surface area contributed by atoms with E-state index >= 15 is 0 Å². The number of nitrogens with one attached hydrogen (secondary N) is 1. The number of aliphatic carboxylic acids is 1. The minimum absolute atomic E-state index is 0.0421. The van der Waals surface area contributed by atoms with Crippen LogP contribution in [0.4, 0.5) is 4.39 Å². The summed E-state index contributed by atoms with van der Waals surface area (Å²) in [5, 5.41) is 35.6. The van der Waals surface area contributed by atoms with Gasteiger partial charge in [-0.15, -0.1) is 0 Å². The summed E-state index contributed by atoms with van der Waals surface area (Å²) in [5.74, 6) is -4.89. The number of carbonyl (C=O) groups is 3. The normalized spacial score (nSPS) is 12.6. The summed E-state index contributed by atoms with van der Waals surface area (Å²) in [6.07, 6.45) is -2.12. The van der Waals surface area contributed by atoms with E-state index in [4.69, 9.17) is 27.9 Å². The second kappa shape index (κ2) is 11.4. The van der Waals surface area contributed by atoms with E-state index in [1.165, 1.54) is 13.2 Å². The standard InChI is InChI=1S/C23H20Cl2FN3O7/c1-36-20-14(25)6-11(7-15(20)26)10-29-18(22(32)33)9-17(28-29)21(31)27-16(19(30)23(34)35)8-12-4-2-3-5-13(12)24/h2-7,9,16,19,30H,8,10H2,1H3,(H,27,31)(H,32,33)(H,34,35)/t16-,19-/m1/s1. The van der Waals surface area contributed by atoms with Gasteiger partial charge in [0.25, 0.3) is 5.91 Å². The third-order valence-electron chi connectivity index (χ3n) is 5.17. The summed E-state index contributed by atoms with van der Waals surface area (Å²) in [4.78, 5) is 36.0. The van der Waals surface area contributed by atoms with E-state index in [0.717, 1.165) is 16.8 Å². The van der Waals surface area contributed by atoms with Crippen molar-refractivity contribution in [3.63, 3.8) is 0 Å². The molecule has 0 saturated carbocycles. The Hall–Kier alpha value is -3.67. The highest BCUT2D eigenvalue weighted by Crippen LogP contribution is 2.29. The molecule has 0 unspecified atom stereocenters. The first-order valence-corrected chi connectivity index (χ1v) is 11.1. The molecule has 2 aromatic carbocycles. The summed E-state index contributed by atoms with van der Waals surface area (Å²) in [7, 11) is 1.24. The molecule has 4 N–H and O–H groups in total. The Bertz CT molecular complexity index is 1290. The summed E-state index contributed by atoms with van der Waals surface area (Å²) in [6, 6.07) is 8.59. The van der Waals surface area contributed by atoms with Crippen LogP contribution in [0, 0.1) is 5.82 Å². The number of methoxy groups -OCH3 is 1. The Kier molecular flexibility index (Phi) is 8.51. The van der Waals surface area contributed by atoms with Crippen molar-refractivity contribution in [2.24, 2.45) is 0 Å².